The summed E-state index contributed by atoms with van der Waals surface area (Å²) in [6.45, 7) is 10.9. The van der Waals surface area contributed by atoms with Gasteiger partial charge < -0.3 is 9.80 Å². The largest absolute Gasteiger partial charge is 0.326 e. The molecular weight excluding hydrogens is 276 g/mol. The number of tetrazole rings is 1. The van der Waals surface area contributed by atoms with Crippen molar-refractivity contribution in [2.75, 3.05) is 32.7 Å². The van der Waals surface area contributed by atoms with Crippen LogP contribution in [-0.4, -0.2) is 52.9 Å². The highest BCUT2D eigenvalue weighted by Crippen LogP contribution is 2.29. The molecule has 0 aromatic carbocycles. The van der Waals surface area contributed by atoms with Crippen LogP contribution in [0, 0.1) is 0 Å². The van der Waals surface area contributed by atoms with E-state index in [0.717, 1.165) is 12.2 Å². The van der Waals surface area contributed by atoms with Crippen molar-refractivity contribution in [1.82, 2.24) is 20.2 Å². The lowest BCUT2D eigenvalue weighted by atomic mass is 9.95. The van der Waals surface area contributed by atoms with Gasteiger partial charge in [0.2, 0.25) is 5.82 Å². The average Bonchev–Trinajstić information content (AvgIpc) is 3.06. The van der Waals surface area contributed by atoms with Crippen LogP contribution in [0.25, 0.3) is 0 Å². The molecule has 6 nitrogen and oxygen atoms in total. The Bertz CT molecular complexity index is 445. The summed E-state index contributed by atoms with van der Waals surface area (Å²) in [7, 11) is 0. The monoisotopic (exact) mass is 308 g/mol. The van der Waals surface area contributed by atoms with Crippen LogP contribution in [0.5, 0.6) is 0 Å². The van der Waals surface area contributed by atoms with Gasteiger partial charge in [-0.1, -0.05) is 26.2 Å². The lowest BCUT2D eigenvalue weighted by Gasteiger charge is -2.34. The van der Waals surface area contributed by atoms with Crippen molar-refractivity contribution in [3.63, 3.8) is 0 Å². The van der Waals surface area contributed by atoms with Gasteiger partial charge in [-0.05, 0) is 30.2 Å². The highest BCUT2D eigenvalue weighted by molar-refractivity contribution is 4.90. The third kappa shape index (κ3) is 3.33. The predicted molar refractivity (Wildman–Crippen MR) is 84.9 cm³/mol. The van der Waals surface area contributed by atoms with Crippen molar-refractivity contribution in [3.05, 3.63) is 5.82 Å². The van der Waals surface area contributed by atoms with Crippen LogP contribution < -0.4 is 9.80 Å². The summed E-state index contributed by atoms with van der Waals surface area (Å²) >= 11 is 0. The summed E-state index contributed by atoms with van der Waals surface area (Å²) in [6, 6.07) is 1.00. The zero-order valence-corrected chi connectivity index (χ0v) is 14.2. The molecule has 1 aliphatic carbocycles. The molecule has 1 atom stereocenters. The van der Waals surface area contributed by atoms with E-state index in [0.29, 0.717) is 12.1 Å². The Morgan fingerprint density at radius 3 is 2.45 bits per heavy atom. The van der Waals surface area contributed by atoms with E-state index < -0.39 is 0 Å². The molecule has 0 unspecified atom stereocenters. The molecule has 3 rings (SSSR count). The summed E-state index contributed by atoms with van der Waals surface area (Å²) in [6.07, 6.45) is 7.65. The molecule has 0 spiro atoms. The molecule has 1 saturated carbocycles. The molecule has 1 aliphatic heterocycles. The van der Waals surface area contributed by atoms with E-state index in [4.69, 9.17) is 0 Å². The number of hydrogen-bond acceptors (Lipinski definition) is 3. The first-order chi connectivity index (χ1) is 10.8. The number of piperazine rings is 1. The lowest BCUT2D eigenvalue weighted by molar-refractivity contribution is -1.03. The predicted octanol–water partition coefficient (Wildman–Crippen LogP) is -0.567. The van der Waals surface area contributed by atoms with Crippen molar-refractivity contribution < 1.29 is 9.80 Å². The molecule has 2 heterocycles. The maximum Gasteiger partial charge on any atom is 0.209 e. The van der Waals surface area contributed by atoms with E-state index >= 15 is 0 Å². The standard InChI is InChI=1S/C16H30N6/c1-3-15(21-12-10-20(4-2)11-13-21)16-17-18-19-22(16)14-8-6-5-7-9-14/h14-15H,3-13H2,1-2H3/p+2/t15-/m1/s1. The molecule has 124 valence electrons. The van der Waals surface area contributed by atoms with Gasteiger partial charge in [0.05, 0.1) is 12.6 Å². The quantitative estimate of drug-likeness (QED) is 0.766. The second-order valence-electron chi connectivity index (χ2n) is 7.00. The van der Waals surface area contributed by atoms with Crippen LogP contribution in [-0.2, 0) is 0 Å². The second kappa shape index (κ2) is 7.51. The summed E-state index contributed by atoms with van der Waals surface area (Å²) in [5.41, 5.74) is 0. The van der Waals surface area contributed by atoms with Gasteiger partial charge in [-0.25, -0.2) is 4.68 Å². The molecule has 6 heteroatoms. The Labute approximate surface area is 133 Å². The molecule has 2 aliphatic rings. The minimum atomic E-state index is 0.468. The molecule has 22 heavy (non-hydrogen) atoms. The van der Waals surface area contributed by atoms with Gasteiger partial charge in [0.1, 0.15) is 32.2 Å². The second-order valence-corrected chi connectivity index (χ2v) is 7.00. The van der Waals surface area contributed by atoms with Crippen molar-refractivity contribution in [2.24, 2.45) is 0 Å². The third-order valence-corrected chi connectivity index (χ3v) is 5.75. The zero-order valence-electron chi connectivity index (χ0n) is 14.2. The van der Waals surface area contributed by atoms with Crippen LogP contribution in [0.1, 0.15) is 70.3 Å². The van der Waals surface area contributed by atoms with Gasteiger partial charge in [0.25, 0.3) is 0 Å². The molecule has 2 N–H and O–H groups in total. The highest BCUT2D eigenvalue weighted by Gasteiger charge is 2.34. The maximum atomic E-state index is 4.45. The molecule has 1 saturated heterocycles. The van der Waals surface area contributed by atoms with Gasteiger partial charge in [-0.15, -0.1) is 5.10 Å². The van der Waals surface area contributed by atoms with Crippen LogP contribution >= 0.6 is 0 Å². The summed E-state index contributed by atoms with van der Waals surface area (Å²) in [4.78, 5) is 3.43. The summed E-state index contributed by atoms with van der Waals surface area (Å²) in [5, 5.41) is 12.9. The first-order valence-corrected chi connectivity index (χ1v) is 9.29. The average molecular weight is 308 g/mol. The fourth-order valence-electron chi connectivity index (χ4n) is 4.30. The highest BCUT2D eigenvalue weighted by atomic mass is 15.6. The van der Waals surface area contributed by atoms with Gasteiger partial charge in [-0.3, -0.25) is 0 Å². The Morgan fingerprint density at radius 2 is 1.82 bits per heavy atom. The van der Waals surface area contributed by atoms with Crippen molar-refractivity contribution >= 4 is 0 Å². The summed E-state index contributed by atoms with van der Waals surface area (Å²) in [5.74, 6) is 1.14. The maximum absolute atomic E-state index is 4.45. The minimum Gasteiger partial charge on any atom is -0.326 e. The smallest absolute Gasteiger partial charge is 0.209 e. The van der Waals surface area contributed by atoms with Gasteiger partial charge in [0.15, 0.2) is 0 Å². The van der Waals surface area contributed by atoms with Crippen LogP contribution in [0.4, 0.5) is 0 Å². The fraction of sp³-hybridized carbons (Fsp3) is 0.938. The first kappa shape index (κ1) is 15.9. The van der Waals surface area contributed by atoms with E-state index in [1.807, 2.05) is 0 Å². The summed E-state index contributed by atoms with van der Waals surface area (Å²) < 4.78 is 2.18. The fourth-order valence-corrected chi connectivity index (χ4v) is 4.30. The Hall–Kier alpha value is -1.01. The SMILES string of the molecule is CC[C@H](c1nnnn1C1CCCCC1)[NH+]1CC[NH+](CC)CC1. The van der Waals surface area contributed by atoms with Gasteiger partial charge in [0, 0.05) is 6.42 Å². The van der Waals surface area contributed by atoms with E-state index in [1.54, 1.807) is 9.80 Å². The Kier molecular flexibility index (Phi) is 5.41. The van der Waals surface area contributed by atoms with E-state index in [2.05, 4.69) is 34.1 Å². The van der Waals surface area contributed by atoms with E-state index in [1.165, 1.54) is 64.8 Å². The molecular formula is C16H32N6+2. The molecule has 0 amide bonds. The molecule has 1 aromatic heterocycles. The number of nitrogens with one attached hydrogen (secondary N) is 2. The lowest BCUT2D eigenvalue weighted by Crippen LogP contribution is -3.28. The van der Waals surface area contributed by atoms with Crippen molar-refractivity contribution in [1.29, 1.82) is 0 Å². The zero-order chi connectivity index (χ0) is 15.4. The van der Waals surface area contributed by atoms with Crippen LogP contribution in [0.3, 0.4) is 0 Å². The van der Waals surface area contributed by atoms with E-state index in [-0.39, 0.29) is 0 Å². The molecule has 2 fully saturated rings. The normalized spacial score (nSPS) is 28.6. The number of rotatable bonds is 5. The number of likely N-dealkylation sites (N-methyl/N-ethyl adjacent to an activating group) is 1. The number of hydrogen-bond donors (Lipinski definition) is 2. The number of nitrogens with zero attached hydrogens (tertiary/aromatic N) is 4. The topological polar surface area (TPSA) is 52.5 Å². The van der Waals surface area contributed by atoms with Gasteiger partial charge in [-0.2, -0.15) is 0 Å². The van der Waals surface area contributed by atoms with Crippen molar-refractivity contribution in [2.45, 2.75) is 64.5 Å². The Morgan fingerprint density at radius 1 is 1.09 bits per heavy atom. The number of quaternary nitrogens is 2. The third-order valence-electron chi connectivity index (χ3n) is 5.75. The first-order valence-electron chi connectivity index (χ1n) is 9.29. The minimum absolute atomic E-state index is 0.468. The molecule has 1 aromatic rings. The van der Waals surface area contributed by atoms with Crippen LogP contribution in [0.2, 0.25) is 0 Å². The molecule has 0 radical (unpaired) electrons. The van der Waals surface area contributed by atoms with Gasteiger partial charge >= 0.3 is 0 Å². The molecule has 0 bridgehead atoms. The van der Waals surface area contributed by atoms with E-state index in [9.17, 15) is 0 Å². The van der Waals surface area contributed by atoms with Crippen molar-refractivity contribution in [3.8, 4) is 0 Å². The Balaban J connectivity index is 1.72. The number of aromatic nitrogens is 4. The van der Waals surface area contributed by atoms with Crippen LogP contribution in [0.15, 0.2) is 0 Å².